The largest absolute Gasteiger partial charge is 0.365 e. The van der Waals surface area contributed by atoms with E-state index in [2.05, 4.69) is 15.2 Å². The van der Waals surface area contributed by atoms with Gasteiger partial charge in [0.15, 0.2) is 0 Å². The lowest BCUT2D eigenvalue weighted by molar-refractivity contribution is -0.124. The van der Waals surface area contributed by atoms with Crippen molar-refractivity contribution in [3.8, 4) is 0 Å². The molecule has 0 aromatic carbocycles. The molecular weight excluding hydrogens is 328 g/mol. The summed E-state index contributed by atoms with van der Waals surface area (Å²) in [5.74, 6) is 0.998. The number of hydroxylamine groups is 1. The van der Waals surface area contributed by atoms with E-state index in [0.29, 0.717) is 22.4 Å². The molecular formula is C17H23ClN4O2. The molecule has 6 nitrogen and oxygen atoms in total. The Morgan fingerprint density at radius 1 is 1.46 bits per heavy atom. The van der Waals surface area contributed by atoms with E-state index in [1.54, 1.807) is 23.8 Å². The smallest absolute Gasteiger partial charge is 0.267 e. The lowest BCUT2D eigenvalue weighted by Gasteiger charge is -2.33. The highest BCUT2D eigenvalue weighted by atomic mass is 35.5. The summed E-state index contributed by atoms with van der Waals surface area (Å²) in [6, 6.07) is 2.12. The van der Waals surface area contributed by atoms with Crippen molar-refractivity contribution in [3.05, 3.63) is 28.9 Å². The van der Waals surface area contributed by atoms with Crippen molar-refractivity contribution in [2.45, 2.75) is 31.7 Å². The minimum absolute atomic E-state index is 0.365. The molecule has 0 spiro atoms. The number of hydrogen-bond acceptors (Lipinski definition) is 5. The first-order valence-electron chi connectivity index (χ1n) is 8.40. The van der Waals surface area contributed by atoms with Crippen LogP contribution in [0.15, 0.2) is 18.3 Å². The molecule has 2 aliphatic rings. The van der Waals surface area contributed by atoms with Gasteiger partial charge in [0.05, 0.1) is 5.02 Å². The highest BCUT2D eigenvalue weighted by molar-refractivity contribution is 6.33. The van der Waals surface area contributed by atoms with Crippen molar-refractivity contribution in [1.29, 1.82) is 0 Å². The zero-order valence-corrected chi connectivity index (χ0v) is 14.3. The van der Waals surface area contributed by atoms with E-state index in [9.17, 15) is 4.79 Å². The van der Waals surface area contributed by atoms with Crippen LogP contribution < -0.4 is 10.8 Å². The maximum atomic E-state index is 11.0. The zero-order valence-electron chi connectivity index (χ0n) is 13.5. The molecule has 1 aliphatic carbocycles. The van der Waals surface area contributed by atoms with E-state index in [1.807, 2.05) is 0 Å². The van der Waals surface area contributed by atoms with Crippen LogP contribution in [0.5, 0.6) is 0 Å². The fraction of sp³-hybridized carbons (Fsp3) is 0.529. The molecule has 1 aliphatic heterocycles. The van der Waals surface area contributed by atoms with Gasteiger partial charge < -0.3 is 10.2 Å². The summed E-state index contributed by atoms with van der Waals surface area (Å²) in [6.07, 6.45) is 9.50. The van der Waals surface area contributed by atoms with Gasteiger partial charge in [-0.25, -0.2) is 10.5 Å². The first kappa shape index (κ1) is 17.2. The molecule has 1 saturated carbocycles. The third kappa shape index (κ3) is 4.93. The normalized spacial score (nSPS) is 21.8. The van der Waals surface area contributed by atoms with Gasteiger partial charge in [0.25, 0.3) is 5.91 Å². The second-order valence-electron chi connectivity index (χ2n) is 6.59. The lowest BCUT2D eigenvalue weighted by atomic mass is 10.1. The number of halogens is 1. The molecule has 2 fully saturated rings. The number of nitrogens with one attached hydrogen (secondary N) is 2. The summed E-state index contributed by atoms with van der Waals surface area (Å²) >= 11 is 6.31. The Morgan fingerprint density at radius 2 is 2.29 bits per heavy atom. The zero-order chi connectivity index (χ0) is 16.9. The summed E-state index contributed by atoms with van der Waals surface area (Å²) < 4.78 is 0. The van der Waals surface area contributed by atoms with Gasteiger partial charge >= 0.3 is 0 Å². The summed E-state index contributed by atoms with van der Waals surface area (Å²) in [7, 11) is 0. The number of anilines is 1. The molecule has 130 valence electrons. The molecule has 0 bridgehead atoms. The third-order valence-electron chi connectivity index (χ3n) is 4.46. The number of likely N-dealkylation sites (tertiary alicyclic amines) is 1. The molecule has 7 heteroatoms. The molecule has 3 rings (SSSR count). The van der Waals surface area contributed by atoms with Crippen LogP contribution >= 0.6 is 11.6 Å². The fourth-order valence-corrected chi connectivity index (χ4v) is 3.29. The van der Waals surface area contributed by atoms with Gasteiger partial charge in [0.1, 0.15) is 5.82 Å². The van der Waals surface area contributed by atoms with Crippen molar-refractivity contribution in [2.75, 3.05) is 25.0 Å². The third-order valence-corrected chi connectivity index (χ3v) is 4.75. The Labute approximate surface area is 146 Å². The quantitative estimate of drug-likeness (QED) is 0.417. The van der Waals surface area contributed by atoms with Gasteiger partial charge in [-0.1, -0.05) is 11.6 Å². The van der Waals surface area contributed by atoms with E-state index < -0.39 is 5.91 Å². The van der Waals surface area contributed by atoms with Gasteiger partial charge in [0, 0.05) is 31.4 Å². The van der Waals surface area contributed by atoms with Gasteiger partial charge in [0.2, 0.25) is 0 Å². The molecule has 24 heavy (non-hydrogen) atoms. The molecule has 1 aromatic rings. The van der Waals surface area contributed by atoms with Crippen molar-refractivity contribution < 1.29 is 10.0 Å². The Bertz CT molecular complexity index is 619. The number of pyridine rings is 1. The molecule has 0 radical (unpaired) electrons. The number of rotatable bonds is 6. The summed E-state index contributed by atoms with van der Waals surface area (Å²) in [6.45, 7) is 3.44. The Balaban J connectivity index is 1.58. The summed E-state index contributed by atoms with van der Waals surface area (Å²) in [5, 5.41) is 12.4. The average molecular weight is 351 g/mol. The van der Waals surface area contributed by atoms with Gasteiger partial charge in [-0.3, -0.25) is 10.0 Å². The van der Waals surface area contributed by atoms with Crippen LogP contribution in [0.3, 0.4) is 0 Å². The highest BCUT2D eigenvalue weighted by Crippen LogP contribution is 2.31. The van der Waals surface area contributed by atoms with Crippen LogP contribution in [0.25, 0.3) is 6.08 Å². The van der Waals surface area contributed by atoms with Crippen LogP contribution in [0, 0.1) is 5.92 Å². The molecule has 1 aromatic heterocycles. The summed E-state index contributed by atoms with van der Waals surface area (Å²) in [4.78, 5) is 17.9. The predicted molar refractivity (Wildman–Crippen MR) is 94.0 cm³/mol. The minimum Gasteiger partial charge on any atom is -0.365 e. The van der Waals surface area contributed by atoms with Crippen molar-refractivity contribution >= 4 is 29.4 Å². The van der Waals surface area contributed by atoms with Crippen LogP contribution in [-0.4, -0.2) is 46.7 Å². The van der Waals surface area contributed by atoms with E-state index in [-0.39, 0.29) is 0 Å². The molecule has 1 amide bonds. The molecule has 3 N–H and O–H groups in total. The molecule has 1 atom stereocenters. The Hall–Kier alpha value is -1.63. The van der Waals surface area contributed by atoms with E-state index in [1.165, 1.54) is 38.4 Å². The second kappa shape index (κ2) is 7.96. The average Bonchev–Trinajstić information content (AvgIpc) is 3.39. The number of amides is 1. The van der Waals surface area contributed by atoms with Gasteiger partial charge in [-0.15, -0.1) is 0 Å². The number of hydrogen-bond donors (Lipinski definition) is 3. The molecule has 1 saturated heterocycles. The van der Waals surface area contributed by atoms with E-state index in [4.69, 9.17) is 16.8 Å². The first-order valence-corrected chi connectivity index (χ1v) is 8.78. The fourth-order valence-electron chi connectivity index (χ4n) is 3.06. The lowest BCUT2D eigenvalue weighted by Crippen LogP contribution is -2.43. The second-order valence-corrected chi connectivity index (χ2v) is 7.00. The van der Waals surface area contributed by atoms with Crippen molar-refractivity contribution in [3.63, 3.8) is 0 Å². The van der Waals surface area contributed by atoms with Crippen molar-refractivity contribution in [1.82, 2.24) is 15.4 Å². The van der Waals surface area contributed by atoms with E-state index >= 15 is 0 Å². The number of piperidine rings is 1. The topological polar surface area (TPSA) is 77.5 Å². The number of carbonyl (C=O) groups excluding carboxylic acids is 1. The SMILES string of the molecule is O=C(/C=C/c1cnc(NC2CCCN(CC3CC3)C2)c(Cl)c1)NO. The predicted octanol–water partition coefficient (Wildman–Crippen LogP) is 2.54. The van der Waals surface area contributed by atoms with Gasteiger partial charge in [-0.2, -0.15) is 0 Å². The van der Waals surface area contributed by atoms with Crippen LogP contribution in [0.2, 0.25) is 5.02 Å². The van der Waals surface area contributed by atoms with Crippen LogP contribution in [0.1, 0.15) is 31.2 Å². The maximum absolute atomic E-state index is 11.0. The summed E-state index contributed by atoms with van der Waals surface area (Å²) in [5.41, 5.74) is 2.24. The first-order chi connectivity index (χ1) is 11.6. The Kier molecular flexibility index (Phi) is 5.71. The van der Waals surface area contributed by atoms with Gasteiger partial charge in [-0.05, 0) is 55.9 Å². The van der Waals surface area contributed by atoms with Crippen molar-refractivity contribution in [2.24, 2.45) is 5.92 Å². The van der Waals surface area contributed by atoms with Crippen LogP contribution in [-0.2, 0) is 4.79 Å². The number of carbonyl (C=O) groups is 1. The Morgan fingerprint density at radius 3 is 3.00 bits per heavy atom. The minimum atomic E-state index is -0.591. The van der Waals surface area contributed by atoms with Crippen LogP contribution in [0.4, 0.5) is 5.82 Å². The monoisotopic (exact) mass is 350 g/mol. The highest BCUT2D eigenvalue weighted by Gasteiger charge is 2.27. The molecule has 1 unspecified atom stereocenters. The number of nitrogens with zero attached hydrogens (tertiary/aromatic N) is 2. The molecule has 2 heterocycles. The number of aromatic nitrogens is 1. The standard InChI is InChI=1S/C17H23ClN4O2/c18-15-8-13(5-6-16(23)21-24)9-19-17(15)20-14-2-1-7-22(11-14)10-12-3-4-12/h5-6,8-9,12,14,24H,1-4,7,10-11H2,(H,19,20)(H,21,23)/b6-5+. The maximum Gasteiger partial charge on any atom is 0.267 e. The van der Waals surface area contributed by atoms with E-state index in [0.717, 1.165) is 18.9 Å².